The van der Waals surface area contributed by atoms with Crippen molar-refractivity contribution in [1.82, 2.24) is 0 Å². The van der Waals surface area contributed by atoms with E-state index in [1.165, 1.54) is 0 Å². The highest BCUT2D eigenvalue weighted by Crippen LogP contribution is 2.33. The fraction of sp³-hybridized carbons (Fsp3) is 0.231. The molecule has 0 saturated heterocycles. The summed E-state index contributed by atoms with van der Waals surface area (Å²) in [5, 5.41) is 11.1. The van der Waals surface area contributed by atoms with E-state index in [-0.39, 0.29) is 6.61 Å². The quantitative estimate of drug-likeness (QED) is 0.612. The zero-order valence-electron chi connectivity index (χ0n) is 10.6. The lowest BCUT2D eigenvalue weighted by Crippen LogP contribution is -2.00. The maximum atomic E-state index is 10.2. The van der Waals surface area contributed by atoms with Crippen LogP contribution in [-0.2, 0) is 11.4 Å². The molecule has 0 amide bonds. The van der Waals surface area contributed by atoms with Crippen molar-refractivity contribution < 1.29 is 19.4 Å². The van der Waals surface area contributed by atoms with E-state index in [0.29, 0.717) is 11.3 Å². The standard InChI is InChI=1S/C13H13NO5/c1-17-12-5-6-13(18-2)11-7-9(3-4-10(11)12)8-19-14(15)16/h3-7H,8H2,1-2H3. The Morgan fingerprint density at radius 3 is 2.26 bits per heavy atom. The minimum Gasteiger partial charge on any atom is -0.496 e. The second kappa shape index (κ2) is 5.43. The van der Waals surface area contributed by atoms with Gasteiger partial charge in [0.25, 0.3) is 5.09 Å². The summed E-state index contributed by atoms with van der Waals surface area (Å²) < 4.78 is 10.5. The second-order valence-electron chi connectivity index (χ2n) is 3.85. The van der Waals surface area contributed by atoms with Gasteiger partial charge in [0.05, 0.1) is 14.2 Å². The van der Waals surface area contributed by atoms with Crippen LogP contribution in [0.15, 0.2) is 30.3 Å². The molecule has 2 rings (SSSR count). The number of ether oxygens (including phenoxy) is 2. The van der Waals surface area contributed by atoms with E-state index in [2.05, 4.69) is 4.84 Å². The molecule has 0 aromatic heterocycles. The van der Waals surface area contributed by atoms with Crippen molar-refractivity contribution >= 4 is 10.8 Å². The van der Waals surface area contributed by atoms with Crippen molar-refractivity contribution in [1.29, 1.82) is 0 Å². The van der Waals surface area contributed by atoms with Gasteiger partial charge in [-0.15, -0.1) is 10.1 Å². The minimum absolute atomic E-state index is 0.0939. The molecule has 0 fully saturated rings. The monoisotopic (exact) mass is 263 g/mol. The molecule has 100 valence electrons. The smallest absolute Gasteiger partial charge is 0.294 e. The molecule has 2 aromatic rings. The Bertz CT molecular complexity index is 611. The zero-order chi connectivity index (χ0) is 13.8. The molecule has 0 aliphatic heterocycles. The van der Waals surface area contributed by atoms with Gasteiger partial charge in [0.2, 0.25) is 0 Å². The molecule has 6 nitrogen and oxygen atoms in total. The van der Waals surface area contributed by atoms with Crippen molar-refractivity contribution in [2.45, 2.75) is 6.61 Å². The first-order valence-corrected chi connectivity index (χ1v) is 5.56. The predicted octanol–water partition coefficient (Wildman–Crippen LogP) is 2.57. The molecule has 0 aliphatic rings. The van der Waals surface area contributed by atoms with Crippen molar-refractivity contribution in [3.63, 3.8) is 0 Å². The number of nitrogens with zero attached hydrogens (tertiary/aromatic N) is 1. The van der Waals surface area contributed by atoms with Gasteiger partial charge in [-0.05, 0) is 23.8 Å². The first-order chi connectivity index (χ1) is 9.15. The van der Waals surface area contributed by atoms with Crippen molar-refractivity contribution in [3.05, 3.63) is 46.0 Å². The Morgan fingerprint density at radius 1 is 1.05 bits per heavy atom. The molecule has 0 bridgehead atoms. The van der Waals surface area contributed by atoms with Gasteiger partial charge in [-0.3, -0.25) is 0 Å². The van der Waals surface area contributed by atoms with E-state index in [0.717, 1.165) is 16.5 Å². The third-order valence-corrected chi connectivity index (χ3v) is 2.78. The van der Waals surface area contributed by atoms with Gasteiger partial charge in [0.1, 0.15) is 18.1 Å². The molecule has 0 atom stereocenters. The average Bonchev–Trinajstić information content (AvgIpc) is 2.43. The molecule has 0 saturated carbocycles. The molecule has 0 heterocycles. The lowest BCUT2D eigenvalue weighted by Gasteiger charge is -2.11. The summed E-state index contributed by atoms with van der Waals surface area (Å²) in [6, 6.07) is 8.98. The highest BCUT2D eigenvalue weighted by Gasteiger charge is 2.08. The number of methoxy groups -OCH3 is 2. The number of hydrogen-bond donors (Lipinski definition) is 0. The van der Waals surface area contributed by atoms with Crippen LogP contribution in [0, 0.1) is 10.1 Å². The number of fused-ring (bicyclic) bond motifs is 1. The average molecular weight is 263 g/mol. The first-order valence-electron chi connectivity index (χ1n) is 5.56. The maximum absolute atomic E-state index is 10.2. The van der Waals surface area contributed by atoms with E-state index < -0.39 is 5.09 Å². The lowest BCUT2D eigenvalue weighted by atomic mass is 10.1. The molecular formula is C13H13NO5. The number of benzene rings is 2. The maximum Gasteiger partial charge on any atom is 0.294 e. The molecule has 0 radical (unpaired) electrons. The Balaban J connectivity index is 2.47. The second-order valence-corrected chi connectivity index (χ2v) is 3.85. The largest absolute Gasteiger partial charge is 0.496 e. The SMILES string of the molecule is COc1ccc(OC)c2cc(CO[N+](=O)[O-])ccc12. The topological polar surface area (TPSA) is 70.8 Å². The third-order valence-electron chi connectivity index (χ3n) is 2.78. The normalized spacial score (nSPS) is 10.2. The van der Waals surface area contributed by atoms with E-state index in [1.54, 1.807) is 32.4 Å². The van der Waals surface area contributed by atoms with Crippen LogP contribution < -0.4 is 9.47 Å². The summed E-state index contributed by atoms with van der Waals surface area (Å²) in [5.74, 6) is 1.40. The molecular weight excluding hydrogens is 250 g/mol. The Hall–Kier alpha value is -2.50. The summed E-state index contributed by atoms with van der Waals surface area (Å²) in [7, 11) is 3.16. The van der Waals surface area contributed by atoms with E-state index in [9.17, 15) is 10.1 Å². The lowest BCUT2D eigenvalue weighted by molar-refractivity contribution is -0.763. The van der Waals surface area contributed by atoms with E-state index in [1.807, 2.05) is 12.1 Å². The van der Waals surface area contributed by atoms with Crippen molar-refractivity contribution in [2.75, 3.05) is 14.2 Å². The molecule has 19 heavy (non-hydrogen) atoms. The van der Waals surface area contributed by atoms with Gasteiger partial charge >= 0.3 is 0 Å². The Labute approximate surface area is 109 Å². The summed E-state index contributed by atoms with van der Waals surface area (Å²) in [5.41, 5.74) is 0.691. The molecule has 0 N–H and O–H groups in total. The van der Waals surface area contributed by atoms with E-state index in [4.69, 9.17) is 9.47 Å². The van der Waals surface area contributed by atoms with Crippen LogP contribution in [0.1, 0.15) is 5.56 Å². The van der Waals surface area contributed by atoms with Crippen LogP contribution in [0.25, 0.3) is 10.8 Å². The summed E-state index contributed by atoms with van der Waals surface area (Å²) >= 11 is 0. The molecule has 0 unspecified atom stereocenters. The number of hydrogen-bond acceptors (Lipinski definition) is 5. The van der Waals surface area contributed by atoms with Gasteiger partial charge < -0.3 is 14.3 Å². The van der Waals surface area contributed by atoms with Gasteiger partial charge in [-0.1, -0.05) is 12.1 Å². The Kier molecular flexibility index (Phi) is 3.70. The molecule has 2 aromatic carbocycles. The summed E-state index contributed by atoms with van der Waals surface area (Å²) in [4.78, 5) is 14.6. The number of rotatable bonds is 5. The van der Waals surface area contributed by atoms with Gasteiger partial charge in [-0.2, -0.15) is 0 Å². The molecule has 0 aliphatic carbocycles. The van der Waals surface area contributed by atoms with Gasteiger partial charge in [0.15, 0.2) is 0 Å². The van der Waals surface area contributed by atoms with E-state index >= 15 is 0 Å². The third kappa shape index (κ3) is 2.67. The van der Waals surface area contributed by atoms with Crippen LogP contribution >= 0.6 is 0 Å². The van der Waals surface area contributed by atoms with Crippen LogP contribution in [-0.4, -0.2) is 19.3 Å². The highest BCUT2D eigenvalue weighted by atomic mass is 16.9. The fourth-order valence-electron chi connectivity index (χ4n) is 1.91. The van der Waals surface area contributed by atoms with Gasteiger partial charge in [-0.25, -0.2) is 0 Å². The zero-order valence-corrected chi connectivity index (χ0v) is 10.6. The highest BCUT2D eigenvalue weighted by molar-refractivity contribution is 5.93. The summed E-state index contributed by atoms with van der Waals surface area (Å²) in [6.07, 6.45) is 0. The van der Waals surface area contributed by atoms with Crippen LogP contribution in [0.3, 0.4) is 0 Å². The Morgan fingerprint density at radius 2 is 1.68 bits per heavy atom. The van der Waals surface area contributed by atoms with Crippen molar-refractivity contribution in [2.24, 2.45) is 0 Å². The van der Waals surface area contributed by atoms with Crippen LogP contribution in [0.2, 0.25) is 0 Å². The molecule has 6 heteroatoms. The fourth-order valence-corrected chi connectivity index (χ4v) is 1.91. The first kappa shape index (κ1) is 12.9. The molecule has 0 spiro atoms. The predicted molar refractivity (Wildman–Crippen MR) is 68.8 cm³/mol. The minimum atomic E-state index is -0.812. The van der Waals surface area contributed by atoms with Crippen molar-refractivity contribution in [3.8, 4) is 11.5 Å². The van der Waals surface area contributed by atoms with Crippen LogP contribution in [0.5, 0.6) is 11.5 Å². The van der Waals surface area contributed by atoms with Crippen LogP contribution in [0.4, 0.5) is 0 Å². The van der Waals surface area contributed by atoms with Gasteiger partial charge in [0, 0.05) is 10.8 Å². The summed E-state index contributed by atoms with van der Waals surface area (Å²) in [6.45, 7) is -0.0939.